The summed E-state index contributed by atoms with van der Waals surface area (Å²) in [6, 6.07) is 25.3. The Bertz CT molecular complexity index is 1240. The predicted octanol–water partition coefficient (Wildman–Crippen LogP) is 5.98. The van der Waals surface area contributed by atoms with Gasteiger partial charge in [-0.05, 0) is 102 Å². The third-order valence-corrected chi connectivity index (χ3v) is 6.45. The minimum atomic E-state index is 0.250. The van der Waals surface area contributed by atoms with E-state index >= 15 is 0 Å². The number of likely N-dealkylation sites (tertiary alicyclic amines) is 1. The molecule has 4 aromatic rings. The molecule has 0 aromatic heterocycles. The van der Waals surface area contributed by atoms with Crippen LogP contribution in [0, 0.1) is 0 Å². The van der Waals surface area contributed by atoms with Crippen LogP contribution >= 0.6 is 0 Å². The number of rotatable bonds is 7. The van der Waals surface area contributed by atoms with Crippen LogP contribution in [0.15, 0.2) is 78.9 Å². The number of nitrogens with zero attached hydrogens (tertiary/aromatic N) is 1. The quantitative estimate of drug-likeness (QED) is 0.372. The van der Waals surface area contributed by atoms with E-state index in [-0.39, 0.29) is 11.5 Å². The molecule has 4 aromatic carbocycles. The molecule has 0 radical (unpaired) electrons. The summed E-state index contributed by atoms with van der Waals surface area (Å²) in [5.74, 6) is 1.41. The number of fused-ring (bicyclic) bond motifs is 1. The van der Waals surface area contributed by atoms with Crippen LogP contribution in [-0.4, -0.2) is 41.4 Å². The van der Waals surface area contributed by atoms with E-state index in [0.29, 0.717) is 6.61 Å². The highest BCUT2D eigenvalue weighted by molar-refractivity contribution is 5.93. The largest absolute Gasteiger partial charge is 0.508 e. The maximum absolute atomic E-state index is 10.0. The van der Waals surface area contributed by atoms with Crippen LogP contribution < -0.4 is 4.74 Å². The average Bonchev–Trinajstić information content (AvgIpc) is 3.34. The number of aromatic hydroxyl groups is 2. The van der Waals surface area contributed by atoms with Crippen LogP contribution in [0.2, 0.25) is 0 Å². The van der Waals surface area contributed by atoms with Gasteiger partial charge in [0.15, 0.2) is 0 Å². The van der Waals surface area contributed by atoms with Gasteiger partial charge in [0.1, 0.15) is 23.9 Å². The van der Waals surface area contributed by atoms with Gasteiger partial charge in [0, 0.05) is 6.54 Å². The second kappa shape index (κ2) is 9.55. The van der Waals surface area contributed by atoms with E-state index in [0.717, 1.165) is 40.6 Å². The van der Waals surface area contributed by atoms with Crippen LogP contribution in [0.1, 0.15) is 24.0 Å². The lowest BCUT2D eigenvalue weighted by Crippen LogP contribution is -2.25. The molecular weight excluding hydrogens is 410 g/mol. The Kier molecular flexibility index (Phi) is 6.18. The molecule has 0 atom stereocenters. The smallest absolute Gasteiger partial charge is 0.119 e. The van der Waals surface area contributed by atoms with Crippen molar-refractivity contribution in [3.63, 3.8) is 0 Å². The SMILES string of the molecule is Oc1cccc(-c2ccc3cc(O)ccc3c2Cc2ccc(OCCN3CCCC3)cc2)c1. The van der Waals surface area contributed by atoms with Crippen LogP contribution in [-0.2, 0) is 6.42 Å². The molecule has 33 heavy (non-hydrogen) atoms. The van der Waals surface area contributed by atoms with Gasteiger partial charge in [-0.2, -0.15) is 0 Å². The van der Waals surface area contributed by atoms with E-state index < -0.39 is 0 Å². The molecule has 0 spiro atoms. The molecule has 1 fully saturated rings. The number of hydrogen-bond acceptors (Lipinski definition) is 4. The third kappa shape index (κ3) is 4.96. The summed E-state index contributed by atoms with van der Waals surface area (Å²) in [4.78, 5) is 2.45. The number of hydrogen-bond donors (Lipinski definition) is 2. The first kappa shape index (κ1) is 21.4. The monoisotopic (exact) mass is 439 g/mol. The van der Waals surface area contributed by atoms with Crippen molar-refractivity contribution in [2.75, 3.05) is 26.2 Å². The summed E-state index contributed by atoms with van der Waals surface area (Å²) >= 11 is 0. The van der Waals surface area contributed by atoms with E-state index in [1.165, 1.54) is 37.1 Å². The molecule has 4 nitrogen and oxygen atoms in total. The molecule has 2 N–H and O–H groups in total. The van der Waals surface area contributed by atoms with Crippen molar-refractivity contribution in [2.45, 2.75) is 19.3 Å². The van der Waals surface area contributed by atoms with Crippen molar-refractivity contribution in [1.82, 2.24) is 4.90 Å². The Morgan fingerprint density at radius 1 is 0.788 bits per heavy atom. The Labute approximate surface area is 194 Å². The molecule has 1 heterocycles. The minimum Gasteiger partial charge on any atom is -0.508 e. The molecule has 0 unspecified atom stereocenters. The first-order chi connectivity index (χ1) is 16.2. The molecule has 0 aliphatic carbocycles. The van der Waals surface area contributed by atoms with Crippen LogP contribution in [0.25, 0.3) is 21.9 Å². The normalized spacial score (nSPS) is 14.1. The number of phenols is 2. The Hall–Kier alpha value is -3.50. The summed E-state index contributed by atoms with van der Waals surface area (Å²) in [6.07, 6.45) is 3.33. The zero-order valence-electron chi connectivity index (χ0n) is 18.7. The average molecular weight is 440 g/mol. The third-order valence-electron chi connectivity index (χ3n) is 6.45. The number of ether oxygens (including phenoxy) is 1. The lowest BCUT2D eigenvalue weighted by atomic mass is 9.90. The topological polar surface area (TPSA) is 52.9 Å². The summed E-state index contributed by atoms with van der Waals surface area (Å²) in [5.41, 5.74) is 4.40. The van der Waals surface area contributed by atoms with Crippen molar-refractivity contribution < 1.29 is 14.9 Å². The molecular formula is C29H29NO3. The zero-order valence-corrected chi connectivity index (χ0v) is 18.7. The van der Waals surface area contributed by atoms with Crippen molar-refractivity contribution >= 4 is 10.8 Å². The van der Waals surface area contributed by atoms with Crippen LogP contribution in [0.3, 0.4) is 0 Å². The molecule has 4 heteroatoms. The summed E-state index contributed by atoms with van der Waals surface area (Å²) < 4.78 is 5.97. The molecule has 0 bridgehead atoms. The van der Waals surface area contributed by atoms with Crippen molar-refractivity contribution in [1.29, 1.82) is 0 Å². The van der Waals surface area contributed by atoms with Gasteiger partial charge in [0.25, 0.3) is 0 Å². The maximum atomic E-state index is 10.0. The van der Waals surface area contributed by atoms with Crippen LogP contribution in [0.4, 0.5) is 0 Å². The molecule has 5 rings (SSSR count). The van der Waals surface area contributed by atoms with Crippen molar-refractivity contribution in [3.8, 4) is 28.4 Å². The van der Waals surface area contributed by atoms with E-state index in [2.05, 4.69) is 23.1 Å². The van der Waals surface area contributed by atoms with E-state index in [1.807, 2.05) is 36.4 Å². The van der Waals surface area contributed by atoms with Gasteiger partial charge >= 0.3 is 0 Å². The molecule has 1 saturated heterocycles. The molecule has 168 valence electrons. The van der Waals surface area contributed by atoms with Crippen molar-refractivity contribution in [2.24, 2.45) is 0 Å². The lowest BCUT2D eigenvalue weighted by Gasteiger charge is -2.16. The standard InChI is InChI=1S/C29H29NO3/c31-24-5-3-4-22(19-24)27-12-8-23-20-25(32)9-13-28(23)29(27)18-21-6-10-26(11-7-21)33-17-16-30-14-1-2-15-30/h3-13,19-20,31-32H,1-2,14-18H2. The second-order valence-corrected chi connectivity index (χ2v) is 8.77. The molecule has 1 aliphatic heterocycles. The van der Waals surface area contributed by atoms with Gasteiger partial charge in [-0.3, -0.25) is 4.90 Å². The second-order valence-electron chi connectivity index (χ2n) is 8.77. The van der Waals surface area contributed by atoms with Gasteiger partial charge in [0.2, 0.25) is 0 Å². The maximum Gasteiger partial charge on any atom is 0.119 e. The highest BCUT2D eigenvalue weighted by atomic mass is 16.5. The summed E-state index contributed by atoms with van der Waals surface area (Å²) in [7, 11) is 0. The fourth-order valence-corrected chi connectivity index (χ4v) is 4.72. The van der Waals surface area contributed by atoms with Gasteiger partial charge in [0.05, 0.1) is 0 Å². The Morgan fingerprint density at radius 3 is 2.36 bits per heavy atom. The van der Waals surface area contributed by atoms with Crippen molar-refractivity contribution in [3.05, 3.63) is 90.0 Å². The highest BCUT2D eigenvalue weighted by Gasteiger charge is 2.13. The lowest BCUT2D eigenvalue weighted by molar-refractivity contribution is 0.238. The zero-order chi connectivity index (χ0) is 22.6. The Morgan fingerprint density at radius 2 is 1.58 bits per heavy atom. The molecule has 0 saturated carbocycles. The highest BCUT2D eigenvalue weighted by Crippen LogP contribution is 2.35. The number of benzene rings is 4. The molecule has 0 amide bonds. The van der Waals surface area contributed by atoms with E-state index in [9.17, 15) is 10.2 Å². The van der Waals surface area contributed by atoms with E-state index in [1.54, 1.807) is 24.3 Å². The Balaban J connectivity index is 1.40. The van der Waals surface area contributed by atoms with Gasteiger partial charge in [-0.15, -0.1) is 0 Å². The predicted molar refractivity (Wildman–Crippen MR) is 133 cm³/mol. The van der Waals surface area contributed by atoms with Gasteiger partial charge in [-0.25, -0.2) is 0 Å². The number of phenolic OH excluding ortho intramolecular Hbond substituents is 2. The fraction of sp³-hybridized carbons (Fsp3) is 0.241. The van der Waals surface area contributed by atoms with Gasteiger partial charge < -0.3 is 14.9 Å². The van der Waals surface area contributed by atoms with Crippen LogP contribution in [0.5, 0.6) is 17.2 Å². The fourth-order valence-electron chi connectivity index (χ4n) is 4.72. The summed E-state index contributed by atoms with van der Waals surface area (Å²) in [6.45, 7) is 4.07. The first-order valence-corrected chi connectivity index (χ1v) is 11.6. The minimum absolute atomic E-state index is 0.250. The molecule has 1 aliphatic rings. The van der Waals surface area contributed by atoms with Gasteiger partial charge in [-0.1, -0.05) is 42.5 Å². The van der Waals surface area contributed by atoms with E-state index in [4.69, 9.17) is 4.74 Å². The first-order valence-electron chi connectivity index (χ1n) is 11.6. The summed E-state index contributed by atoms with van der Waals surface area (Å²) in [5, 5.41) is 22.1.